The van der Waals surface area contributed by atoms with Gasteiger partial charge in [-0.15, -0.1) is 6.58 Å². The Morgan fingerprint density at radius 3 is 2.35 bits per heavy atom. The molecule has 0 spiro atoms. The molecule has 4 unspecified atom stereocenters. The normalized spacial score (nSPS) is 26.7. The largest absolute Gasteiger partial charge is 0.330 e. The standard InChI is InChI=1S/C32H40Cl2N2O3S/c1-3-18-32(4-2)20-28(24-8-7-9-26(34)19-24)30(23-14-16-25(33)17-15-23)36(31(32)37)29(22-12-13-22)21-35-40(38,39)27-10-5-6-11-27/h3,7-9,14-17,19,22,27-30,35H,1,4-6,10-13,18,20-21H2,2H3. The zero-order valence-corrected chi connectivity index (χ0v) is 25.5. The minimum absolute atomic E-state index is 0.0369. The summed E-state index contributed by atoms with van der Waals surface area (Å²) in [5.74, 6) is 0.302. The van der Waals surface area contributed by atoms with Crippen molar-refractivity contribution in [1.29, 1.82) is 0 Å². The van der Waals surface area contributed by atoms with E-state index >= 15 is 0 Å². The van der Waals surface area contributed by atoms with Crippen LogP contribution in [0.2, 0.25) is 10.0 Å². The maximum atomic E-state index is 14.8. The van der Waals surface area contributed by atoms with Crippen molar-refractivity contribution in [3.63, 3.8) is 0 Å². The average Bonchev–Trinajstić information content (AvgIpc) is 3.61. The number of hydrogen-bond donors (Lipinski definition) is 1. The molecule has 0 bridgehead atoms. The number of nitrogens with zero attached hydrogens (tertiary/aromatic N) is 1. The summed E-state index contributed by atoms with van der Waals surface area (Å²) >= 11 is 12.8. The van der Waals surface area contributed by atoms with Crippen molar-refractivity contribution in [3.8, 4) is 0 Å². The summed E-state index contributed by atoms with van der Waals surface area (Å²) in [5.41, 5.74) is 1.44. The van der Waals surface area contributed by atoms with E-state index in [1.54, 1.807) is 0 Å². The molecule has 0 aromatic heterocycles. The molecule has 2 aromatic rings. The van der Waals surface area contributed by atoms with Crippen LogP contribution in [0.5, 0.6) is 0 Å². The number of sulfonamides is 1. The summed E-state index contributed by atoms with van der Waals surface area (Å²) in [6, 6.07) is 15.2. The van der Waals surface area contributed by atoms with Gasteiger partial charge in [0.15, 0.2) is 0 Å². The van der Waals surface area contributed by atoms with Gasteiger partial charge in [0.05, 0.1) is 16.7 Å². The van der Waals surface area contributed by atoms with Gasteiger partial charge in [0.25, 0.3) is 0 Å². The first-order valence-corrected chi connectivity index (χ1v) is 16.9. The van der Waals surface area contributed by atoms with E-state index in [0.717, 1.165) is 36.8 Å². The lowest BCUT2D eigenvalue weighted by molar-refractivity contribution is -0.156. The van der Waals surface area contributed by atoms with Gasteiger partial charge in [-0.05, 0) is 86.3 Å². The number of allylic oxidation sites excluding steroid dienone is 1. The van der Waals surface area contributed by atoms with Crippen LogP contribution in [0.4, 0.5) is 0 Å². The van der Waals surface area contributed by atoms with Gasteiger partial charge >= 0.3 is 0 Å². The van der Waals surface area contributed by atoms with Crippen LogP contribution in [0.15, 0.2) is 61.2 Å². The highest BCUT2D eigenvalue weighted by molar-refractivity contribution is 7.90. The van der Waals surface area contributed by atoms with Gasteiger partial charge in [-0.1, -0.05) is 73.3 Å². The number of carbonyl (C=O) groups is 1. The summed E-state index contributed by atoms with van der Waals surface area (Å²) in [6.07, 6.45) is 9.01. The van der Waals surface area contributed by atoms with E-state index in [9.17, 15) is 13.2 Å². The number of rotatable bonds is 11. The molecule has 3 fully saturated rings. The monoisotopic (exact) mass is 602 g/mol. The van der Waals surface area contributed by atoms with Crippen molar-refractivity contribution < 1.29 is 13.2 Å². The number of carbonyl (C=O) groups excluding carboxylic acids is 1. The molecule has 5 rings (SSSR count). The predicted molar refractivity (Wildman–Crippen MR) is 163 cm³/mol. The average molecular weight is 604 g/mol. The lowest BCUT2D eigenvalue weighted by Crippen LogP contribution is -2.59. The Balaban J connectivity index is 1.62. The molecule has 2 aromatic carbocycles. The molecule has 3 aliphatic rings. The predicted octanol–water partition coefficient (Wildman–Crippen LogP) is 7.66. The number of amides is 1. The molecule has 1 aliphatic heterocycles. The molecular formula is C32H40Cl2N2O3S. The quantitative estimate of drug-likeness (QED) is 0.268. The molecule has 0 radical (unpaired) electrons. The van der Waals surface area contributed by atoms with Crippen LogP contribution < -0.4 is 4.72 Å². The van der Waals surface area contributed by atoms with E-state index in [1.165, 1.54) is 0 Å². The second-order valence-electron chi connectivity index (χ2n) is 11.9. The number of nitrogens with one attached hydrogen (secondary N) is 1. The van der Waals surface area contributed by atoms with Gasteiger partial charge in [0.1, 0.15) is 0 Å². The summed E-state index contributed by atoms with van der Waals surface area (Å²) in [4.78, 5) is 16.8. The molecule has 2 saturated carbocycles. The first-order valence-electron chi connectivity index (χ1n) is 14.6. The molecule has 1 heterocycles. The highest BCUT2D eigenvalue weighted by Gasteiger charge is 2.54. The van der Waals surface area contributed by atoms with Crippen molar-refractivity contribution in [1.82, 2.24) is 9.62 Å². The smallest absolute Gasteiger partial charge is 0.229 e. The maximum Gasteiger partial charge on any atom is 0.229 e. The Morgan fingerprint density at radius 1 is 1.05 bits per heavy atom. The molecular weight excluding hydrogens is 563 g/mol. The zero-order chi connectivity index (χ0) is 28.5. The highest BCUT2D eigenvalue weighted by atomic mass is 35.5. The lowest BCUT2D eigenvalue weighted by atomic mass is 9.65. The van der Waals surface area contributed by atoms with Crippen molar-refractivity contribution in [3.05, 3.63) is 82.4 Å². The minimum atomic E-state index is -3.46. The van der Waals surface area contributed by atoms with Crippen LogP contribution in [-0.2, 0) is 14.8 Å². The fourth-order valence-electron chi connectivity index (χ4n) is 7.04. The van der Waals surface area contributed by atoms with Gasteiger partial charge < -0.3 is 4.90 Å². The zero-order valence-electron chi connectivity index (χ0n) is 23.2. The van der Waals surface area contributed by atoms with Crippen LogP contribution >= 0.6 is 23.2 Å². The second kappa shape index (κ2) is 12.2. The molecule has 1 amide bonds. The third-order valence-electron chi connectivity index (χ3n) is 9.44. The number of benzene rings is 2. The van der Waals surface area contributed by atoms with Crippen LogP contribution in [0.1, 0.15) is 87.8 Å². The fraction of sp³-hybridized carbons (Fsp3) is 0.531. The van der Waals surface area contributed by atoms with E-state index in [4.69, 9.17) is 23.2 Å². The maximum absolute atomic E-state index is 14.8. The van der Waals surface area contributed by atoms with Gasteiger partial charge in [-0.25, -0.2) is 13.1 Å². The molecule has 2 aliphatic carbocycles. The highest BCUT2D eigenvalue weighted by Crippen LogP contribution is 2.55. The Hall–Kier alpha value is -1.86. The Morgan fingerprint density at radius 2 is 1.75 bits per heavy atom. The Labute approximate surface area is 249 Å². The van der Waals surface area contributed by atoms with Crippen LogP contribution in [0.3, 0.4) is 0 Å². The van der Waals surface area contributed by atoms with Crippen LogP contribution in [-0.4, -0.2) is 37.1 Å². The van der Waals surface area contributed by atoms with E-state index < -0.39 is 15.4 Å². The van der Waals surface area contributed by atoms with Crippen molar-refractivity contribution >= 4 is 39.1 Å². The second-order valence-corrected chi connectivity index (χ2v) is 14.8. The summed E-state index contributed by atoms with van der Waals surface area (Å²) in [5, 5.41) is 0.949. The van der Waals surface area contributed by atoms with Crippen molar-refractivity contribution in [2.75, 3.05) is 6.54 Å². The first-order chi connectivity index (χ1) is 19.2. The Bertz CT molecular complexity index is 1320. The van der Waals surface area contributed by atoms with E-state index in [0.29, 0.717) is 42.1 Å². The molecule has 1 saturated heterocycles. The topological polar surface area (TPSA) is 66.5 Å². The molecule has 4 atom stereocenters. The number of halogens is 2. The molecule has 216 valence electrons. The third kappa shape index (κ3) is 6.01. The van der Waals surface area contributed by atoms with Crippen molar-refractivity contribution in [2.45, 2.75) is 88.0 Å². The molecule has 1 N–H and O–H groups in total. The summed E-state index contributed by atoms with van der Waals surface area (Å²) < 4.78 is 29.5. The van der Waals surface area contributed by atoms with Gasteiger partial charge in [-0.2, -0.15) is 0 Å². The number of piperidine rings is 1. The number of likely N-dealkylation sites (tertiary alicyclic amines) is 1. The first kappa shape index (κ1) is 29.6. The minimum Gasteiger partial charge on any atom is -0.330 e. The summed E-state index contributed by atoms with van der Waals surface area (Å²) in [7, 11) is -3.46. The third-order valence-corrected chi connectivity index (χ3v) is 11.8. The van der Waals surface area contributed by atoms with Crippen LogP contribution in [0.25, 0.3) is 0 Å². The van der Waals surface area contributed by atoms with E-state index in [-0.39, 0.29) is 41.6 Å². The van der Waals surface area contributed by atoms with Gasteiger partial charge in [-0.3, -0.25) is 4.79 Å². The van der Waals surface area contributed by atoms with E-state index in [1.807, 2.05) is 48.5 Å². The molecule has 5 nitrogen and oxygen atoms in total. The van der Waals surface area contributed by atoms with Gasteiger partial charge in [0.2, 0.25) is 15.9 Å². The summed E-state index contributed by atoms with van der Waals surface area (Å²) in [6.45, 7) is 6.32. The SMILES string of the molecule is C=CCC1(CC)CC(c2cccc(Cl)c2)C(c2ccc(Cl)cc2)N(C(CNS(=O)(=O)C2CCCC2)C2CC2)C1=O. The fourth-order valence-corrected chi connectivity index (χ4v) is 8.96. The molecule has 40 heavy (non-hydrogen) atoms. The number of hydrogen-bond acceptors (Lipinski definition) is 3. The lowest BCUT2D eigenvalue weighted by Gasteiger charge is -2.53. The van der Waals surface area contributed by atoms with E-state index in [2.05, 4.69) is 29.2 Å². The van der Waals surface area contributed by atoms with Gasteiger partial charge in [0, 0.05) is 28.5 Å². The molecule has 8 heteroatoms. The van der Waals surface area contributed by atoms with Crippen LogP contribution in [0, 0.1) is 11.3 Å². The van der Waals surface area contributed by atoms with Crippen molar-refractivity contribution in [2.24, 2.45) is 11.3 Å². The Kier molecular flexibility index (Phi) is 9.01.